The molecule has 12 aromatic rings. The van der Waals surface area contributed by atoms with Gasteiger partial charge in [-0.3, -0.25) is 32.9 Å². The summed E-state index contributed by atoms with van der Waals surface area (Å²) in [5.41, 5.74) is 13.1. The number of aliphatic hydroxyl groups is 2. The second-order valence-electron chi connectivity index (χ2n) is 23.8. The third-order valence-electron chi connectivity index (χ3n) is 18.0. The van der Waals surface area contributed by atoms with Gasteiger partial charge in [0.2, 0.25) is 5.91 Å². The summed E-state index contributed by atoms with van der Waals surface area (Å²) in [7, 11) is 0. The molecule has 4 atom stereocenters. The molecule has 93 heavy (non-hydrogen) atoms. The lowest BCUT2D eigenvalue weighted by Gasteiger charge is -2.27. The third kappa shape index (κ3) is 13.0. The number of nitrogens with zero attached hydrogens (tertiary/aromatic N) is 22. The van der Waals surface area contributed by atoms with Crippen molar-refractivity contribution in [3.05, 3.63) is 130 Å². The van der Waals surface area contributed by atoms with E-state index in [9.17, 15) is 15.0 Å². The fourth-order valence-corrected chi connectivity index (χ4v) is 12.4. The van der Waals surface area contributed by atoms with Gasteiger partial charge in [0.05, 0.1) is 183 Å². The zero-order valence-corrected chi connectivity index (χ0v) is 53.2. The summed E-state index contributed by atoms with van der Waals surface area (Å²) in [6, 6.07) is 6.65. The van der Waals surface area contributed by atoms with E-state index in [-0.39, 0.29) is 18.0 Å². The van der Waals surface area contributed by atoms with Crippen LogP contribution in [0, 0.1) is 0 Å². The van der Waals surface area contributed by atoms with Crippen molar-refractivity contribution in [2.45, 2.75) is 129 Å². The van der Waals surface area contributed by atoms with Crippen LogP contribution in [0.25, 0.3) is 84.1 Å². The van der Waals surface area contributed by atoms with E-state index < -0.39 is 12.2 Å². The minimum atomic E-state index is -0.550. The summed E-state index contributed by atoms with van der Waals surface area (Å²) < 4.78 is 27.7. The van der Waals surface area contributed by atoms with Crippen LogP contribution < -0.4 is 5.32 Å². The Labute approximate surface area is 536 Å². The van der Waals surface area contributed by atoms with Gasteiger partial charge in [-0.25, -0.2) is 28.5 Å². The van der Waals surface area contributed by atoms with E-state index in [0.717, 1.165) is 136 Å². The predicted molar refractivity (Wildman–Crippen MR) is 346 cm³/mol. The Hall–Kier alpha value is -9.61. The Morgan fingerprint density at radius 1 is 0.462 bits per heavy atom. The van der Waals surface area contributed by atoms with Crippen LogP contribution in [-0.2, 0) is 20.8 Å². The van der Waals surface area contributed by atoms with Gasteiger partial charge in [0, 0.05) is 90.2 Å². The van der Waals surface area contributed by atoms with Gasteiger partial charge in [-0.1, -0.05) is 41.5 Å². The summed E-state index contributed by atoms with van der Waals surface area (Å²) in [5.74, 6) is 0.137. The van der Waals surface area contributed by atoms with Crippen molar-refractivity contribution in [3.8, 4) is 67.5 Å². The normalized spacial score (nSPS) is 17.7. The van der Waals surface area contributed by atoms with Crippen LogP contribution in [0.2, 0.25) is 0 Å². The molecule has 28 nitrogen and oxygen atoms in total. The van der Waals surface area contributed by atoms with Crippen molar-refractivity contribution in [2.24, 2.45) is 0 Å². The molecule has 0 unspecified atom stereocenters. The van der Waals surface area contributed by atoms with Crippen molar-refractivity contribution >= 4 is 22.5 Å². The van der Waals surface area contributed by atoms with Crippen molar-refractivity contribution in [3.63, 3.8) is 0 Å². The van der Waals surface area contributed by atoms with Gasteiger partial charge in [-0.15, -0.1) is 0 Å². The van der Waals surface area contributed by atoms with Crippen LogP contribution in [0.3, 0.4) is 0 Å². The van der Waals surface area contributed by atoms with Gasteiger partial charge in [-0.2, -0.15) is 45.9 Å². The minimum absolute atomic E-state index is 0.137. The van der Waals surface area contributed by atoms with Gasteiger partial charge >= 0.3 is 0 Å². The lowest BCUT2D eigenvalue weighted by Crippen LogP contribution is -2.48. The molecule has 3 saturated heterocycles. The van der Waals surface area contributed by atoms with E-state index in [1.807, 2.05) is 117 Å². The molecule has 0 bridgehead atoms. The fraction of sp³-hybridized carbons (Fsp3) is 0.431. The predicted octanol–water partition coefficient (Wildman–Crippen LogP) is 7.75. The molecular weight excluding hydrogens is 1180 g/mol. The van der Waals surface area contributed by atoms with E-state index in [0.29, 0.717) is 64.2 Å². The van der Waals surface area contributed by atoms with Gasteiger partial charge < -0.3 is 29.9 Å². The minimum Gasteiger partial charge on any atom is -0.388 e. The maximum atomic E-state index is 12.0. The highest BCUT2D eigenvalue weighted by atomic mass is 16.5. The van der Waals surface area contributed by atoms with E-state index >= 15 is 0 Å². The van der Waals surface area contributed by atoms with Crippen LogP contribution in [0.4, 0.5) is 0 Å². The maximum absolute atomic E-state index is 12.0. The summed E-state index contributed by atoms with van der Waals surface area (Å²) >= 11 is 0. The second kappa shape index (κ2) is 27.7. The number of carbonyl (C=O) groups is 1. The maximum Gasteiger partial charge on any atom is 0.236 e. The Morgan fingerprint density at radius 3 is 1.23 bits per heavy atom. The molecule has 0 aromatic carbocycles. The molecule has 0 radical (unpaired) electrons. The quantitative estimate of drug-likeness (QED) is 0.0657. The highest BCUT2D eigenvalue weighted by Crippen LogP contribution is 2.33. The molecule has 484 valence electrons. The molecule has 3 aliphatic heterocycles. The number of piperazine rings is 1. The van der Waals surface area contributed by atoms with Gasteiger partial charge in [0.25, 0.3) is 0 Å². The average molecular weight is 1260 g/mol. The molecule has 0 spiro atoms. The summed E-state index contributed by atoms with van der Waals surface area (Å²) in [6.07, 6.45) is 39.1. The molecule has 15 rings (SSSR count). The number of nitrogens with one attached hydrogen (secondary N) is 1. The summed E-state index contributed by atoms with van der Waals surface area (Å²) in [4.78, 5) is 28.7. The molecule has 1 amide bonds. The number of hydrogen-bond donors (Lipinski definition) is 3. The van der Waals surface area contributed by atoms with Crippen LogP contribution >= 0.6 is 0 Å². The average Bonchev–Trinajstić information content (AvgIpc) is 1.71. The first-order valence-corrected chi connectivity index (χ1v) is 32.3. The van der Waals surface area contributed by atoms with E-state index in [1.54, 1.807) is 40.3 Å². The number of aliphatic hydroxyl groups excluding tert-OH is 2. The Morgan fingerprint density at radius 2 is 0.849 bits per heavy atom. The molecule has 3 aliphatic rings. The Kier molecular flexibility index (Phi) is 18.5. The van der Waals surface area contributed by atoms with Crippen molar-refractivity contribution < 1.29 is 24.5 Å². The highest BCUT2D eigenvalue weighted by molar-refractivity contribution is 5.81. The molecule has 28 heteroatoms. The number of aromatic nitrogens is 21. The number of rotatable bonds is 20. The topological polar surface area (TPSA) is 289 Å². The fourth-order valence-electron chi connectivity index (χ4n) is 12.4. The first-order valence-electron chi connectivity index (χ1n) is 32.3. The standard InChI is InChI=1S/C23H29N9O.2C21H25N7O2/c1-3-19(4-2)31-15-18(12-27-31)23-21-5-6-25-32(21)16-20(28-23)17-11-26-30(14-17)10-9-29-8-7-24-13-22(29)33;2*1-3-16(4-2)26-10-15(8-23-26)21-18-5-6-22-28(18)11-17(25-21)14-7-24-27(9-14)19-12-30-13-20(19)29/h5-6,11-12,14-16,19,24H,3-4,7-10,13H2,1-2H3;2*5-11,16,19-20,29H,3-4,12-13H2,1-2H3/t;2*19-,20-/m.10/s1. The van der Waals surface area contributed by atoms with Crippen molar-refractivity contribution in [1.82, 2.24) is 113 Å². The SMILES string of the molecule is CCC(CC)n1cc(-c2nc(-c3cnn(CCN4CCNCC4=O)c3)cn3nccc23)cn1.CCC(CC)n1cc(-c2nc(-c3cnn([C@@H]4COC[C@H]4O)c3)cn3nccc23)cn1.CCC(CC)n1cc(-c2nc(-c3cnn([C@H]4COC[C@@H]4O)c3)cn3nccc23)cn1. The number of carbonyl (C=O) groups excluding carboxylic acids is 1. The first-order chi connectivity index (χ1) is 45.5. The van der Waals surface area contributed by atoms with Gasteiger partial charge in [0.15, 0.2) is 0 Å². The number of ether oxygens (including phenoxy) is 2. The van der Waals surface area contributed by atoms with Crippen LogP contribution in [0.5, 0.6) is 0 Å². The monoisotopic (exact) mass is 1260 g/mol. The zero-order valence-electron chi connectivity index (χ0n) is 53.2. The molecule has 0 aliphatic carbocycles. The van der Waals surface area contributed by atoms with Gasteiger partial charge in [0.1, 0.15) is 24.3 Å². The van der Waals surface area contributed by atoms with Crippen molar-refractivity contribution in [2.75, 3.05) is 52.6 Å². The third-order valence-corrected chi connectivity index (χ3v) is 18.0. The Balaban J connectivity index is 0.000000127. The van der Waals surface area contributed by atoms with E-state index in [4.69, 9.17) is 24.4 Å². The first kappa shape index (κ1) is 62.2. The van der Waals surface area contributed by atoms with Crippen LogP contribution in [-0.4, -0.2) is 188 Å². The smallest absolute Gasteiger partial charge is 0.236 e. The molecule has 3 N–H and O–H groups in total. The lowest BCUT2D eigenvalue weighted by molar-refractivity contribution is -0.132. The highest BCUT2D eigenvalue weighted by Gasteiger charge is 2.31. The van der Waals surface area contributed by atoms with E-state index in [2.05, 4.69) is 111 Å². The van der Waals surface area contributed by atoms with E-state index in [1.165, 1.54) is 0 Å². The molecule has 0 saturated carbocycles. The molecule has 15 heterocycles. The molecule has 3 fully saturated rings. The number of fused-ring (bicyclic) bond motifs is 3. The number of hydrogen-bond acceptors (Lipinski definition) is 18. The van der Waals surface area contributed by atoms with Gasteiger partial charge in [-0.05, 0) is 56.7 Å². The summed E-state index contributed by atoms with van der Waals surface area (Å²) in [6.45, 7) is 17.9. The lowest BCUT2D eigenvalue weighted by atomic mass is 10.1. The largest absolute Gasteiger partial charge is 0.388 e. The molecular formula is C65H79N23O5. The van der Waals surface area contributed by atoms with Crippen molar-refractivity contribution in [1.29, 1.82) is 0 Å². The second-order valence-corrected chi connectivity index (χ2v) is 23.8. The summed E-state index contributed by atoms with van der Waals surface area (Å²) in [5, 5.41) is 63.7. The van der Waals surface area contributed by atoms with Crippen LogP contribution in [0.1, 0.15) is 110 Å². The zero-order chi connectivity index (χ0) is 64.1. The van der Waals surface area contributed by atoms with Crippen LogP contribution in [0.15, 0.2) is 130 Å². The molecule has 12 aromatic heterocycles. The Bertz CT molecular complexity index is 4270. The number of amides is 1.